The first-order valence-electron chi connectivity index (χ1n) is 26.7. The predicted octanol–water partition coefficient (Wildman–Crippen LogP) is 8.79. The number of benzene rings is 4. The molecular weight excluding hydrogens is 982 g/mol. The fraction of sp³-hybridized carbons (Fsp3) is 0.491. The number of amides is 5. The van der Waals surface area contributed by atoms with Gasteiger partial charge in [0.25, 0.3) is 0 Å². The van der Waals surface area contributed by atoms with Crippen LogP contribution in [-0.2, 0) is 15.2 Å². The lowest BCUT2D eigenvalue weighted by molar-refractivity contribution is -0.138. The number of fused-ring (bicyclic) bond motifs is 2. The van der Waals surface area contributed by atoms with Crippen molar-refractivity contribution >= 4 is 52.1 Å². The number of aliphatic hydroxyl groups is 1. The molecule has 15 nitrogen and oxygen atoms in total. The summed E-state index contributed by atoms with van der Waals surface area (Å²) >= 11 is 6.73. The summed E-state index contributed by atoms with van der Waals surface area (Å²) in [6.45, 7) is 10.7. The number of ether oxygens (including phenoxy) is 2. The third-order valence-electron chi connectivity index (χ3n) is 16.6. The van der Waals surface area contributed by atoms with E-state index in [9.17, 15) is 24.3 Å². The van der Waals surface area contributed by atoms with Crippen LogP contribution in [-0.4, -0.2) is 114 Å². The summed E-state index contributed by atoms with van der Waals surface area (Å²) in [5, 5.41) is 20.9. The van der Waals surface area contributed by atoms with Gasteiger partial charge in [-0.3, -0.25) is 29.3 Å². The van der Waals surface area contributed by atoms with Crippen LogP contribution in [0.4, 0.5) is 19.4 Å². The number of carbonyl (C=O) groups is 4. The molecule has 3 saturated heterocycles. The molecule has 4 aromatic carbocycles. The molecule has 5 amide bonds. The normalized spacial score (nSPS) is 22.9. The highest BCUT2D eigenvalue weighted by atomic mass is 35.5. The van der Waals surface area contributed by atoms with Gasteiger partial charge < -0.3 is 35.4 Å². The number of aliphatic hydroxyl groups excluding tert-OH is 1. The maximum atomic E-state index is 16.5. The second-order valence-corrected chi connectivity index (χ2v) is 21.8. The number of nitrogens with two attached hydrogens (primary N) is 1. The molecule has 0 radical (unpaired) electrons. The quantitative estimate of drug-likeness (QED) is 0.0791. The van der Waals surface area contributed by atoms with Gasteiger partial charge in [0.1, 0.15) is 18.2 Å². The van der Waals surface area contributed by atoms with Gasteiger partial charge in [-0.15, -0.1) is 0 Å². The van der Waals surface area contributed by atoms with Gasteiger partial charge in [0.2, 0.25) is 17.7 Å². The minimum Gasteiger partial charge on any atom is -0.488 e. The lowest BCUT2D eigenvalue weighted by Gasteiger charge is -2.40. The predicted molar refractivity (Wildman–Crippen MR) is 282 cm³/mol. The van der Waals surface area contributed by atoms with Crippen LogP contribution in [0.15, 0.2) is 66.7 Å². The first-order valence-corrected chi connectivity index (χ1v) is 27.0. The van der Waals surface area contributed by atoms with Crippen molar-refractivity contribution in [1.82, 2.24) is 30.2 Å². The van der Waals surface area contributed by atoms with E-state index < -0.39 is 40.1 Å². The fourth-order valence-electron chi connectivity index (χ4n) is 12.5. The van der Waals surface area contributed by atoms with E-state index in [1.54, 1.807) is 4.90 Å². The number of nitrogens with zero attached hydrogens (tertiary/aromatic N) is 5. The summed E-state index contributed by atoms with van der Waals surface area (Å²) in [6.07, 6.45) is 7.40. The van der Waals surface area contributed by atoms with E-state index in [-0.39, 0.29) is 77.6 Å². The Bertz CT molecular complexity index is 2970. The molecule has 4 fully saturated rings. The number of likely N-dealkylation sites (tertiary alicyclic amines) is 2. The molecule has 18 heteroatoms. The minimum absolute atomic E-state index is 0.0489. The first-order chi connectivity index (χ1) is 36.1. The molecule has 1 saturated carbocycles. The SMILES string of the molecule is CC(C)n1nc(N2CCC(=O)NC2=O)c2ccc(C3CCN(CC4CCN(C(=O)C5CCC(NCC6(c7ccccc7)Oc7cc(F)c(Cl)c(-c8c(C(N)=O)ccc(OCCO)c8F)c7C6C)CC5)CC4)CC3)cc21. The van der Waals surface area contributed by atoms with E-state index in [0.29, 0.717) is 36.3 Å². The molecule has 0 spiro atoms. The number of rotatable bonds is 15. The summed E-state index contributed by atoms with van der Waals surface area (Å²) in [5.41, 5.74) is 7.62. The van der Waals surface area contributed by atoms with Crippen molar-refractivity contribution in [3.8, 4) is 22.6 Å². The lowest BCUT2D eigenvalue weighted by Crippen LogP contribution is -2.49. The molecule has 1 aromatic heterocycles. The second-order valence-electron chi connectivity index (χ2n) is 21.4. The highest BCUT2D eigenvalue weighted by Gasteiger charge is 2.50. The number of anilines is 1. The number of hydrogen-bond acceptors (Lipinski definition) is 10. The zero-order chi connectivity index (χ0) is 52.7. The van der Waals surface area contributed by atoms with Gasteiger partial charge in [-0.05, 0) is 126 Å². The summed E-state index contributed by atoms with van der Waals surface area (Å²) < 4.78 is 46.7. The van der Waals surface area contributed by atoms with Gasteiger partial charge in [0, 0.05) is 91.2 Å². The van der Waals surface area contributed by atoms with Crippen LogP contribution in [0.2, 0.25) is 5.02 Å². The standard InChI is InChI=1S/C57H67ClF2N8O7/c1-33(2)68-44-29-38(11-14-41(44)54(64-68)67-26-21-47(70)63-56(67)73)36-19-22-65(23-20-36)31-35-17-24-66(25-18-35)55(72)37-9-12-40(13-10-37)62-32-57(39-7-5-4-6-8-39)34(3)48-46(75-57)30-43(59)51(58)50(48)49-42(53(61)71)15-16-45(52(49)60)74-28-27-69/h4-8,11,14-16,29-30,33-37,40,62,69H,9-10,12-13,17-28,31-32H2,1-3H3,(H2,61,71)(H,63,70,73). The molecule has 5 heterocycles. The van der Waals surface area contributed by atoms with Crippen LogP contribution >= 0.6 is 11.6 Å². The third-order valence-corrected chi connectivity index (χ3v) is 17.0. The highest BCUT2D eigenvalue weighted by Crippen LogP contribution is 2.56. The van der Waals surface area contributed by atoms with Crippen molar-refractivity contribution in [3.05, 3.63) is 106 Å². The van der Waals surface area contributed by atoms with Crippen LogP contribution in [0.1, 0.15) is 123 Å². The molecule has 1 aliphatic carbocycles. The smallest absolute Gasteiger partial charge is 0.329 e. The monoisotopic (exact) mass is 1050 g/mol. The molecule has 398 valence electrons. The molecule has 10 rings (SSSR count). The summed E-state index contributed by atoms with van der Waals surface area (Å²) in [5.74, 6) is -1.93. The van der Waals surface area contributed by atoms with Gasteiger partial charge >= 0.3 is 6.03 Å². The Balaban J connectivity index is 0.734. The average molecular weight is 1050 g/mol. The molecule has 5 N–H and O–H groups in total. The average Bonchev–Trinajstić information content (AvgIpc) is 3.95. The molecule has 75 heavy (non-hydrogen) atoms. The number of piperidine rings is 2. The van der Waals surface area contributed by atoms with E-state index in [2.05, 4.69) is 52.5 Å². The largest absolute Gasteiger partial charge is 0.488 e. The Labute approximate surface area is 441 Å². The van der Waals surface area contributed by atoms with Crippen LogP contribution in [0.5, 0.6) is 11.5 Å². The van der Waals surface area contributed by atoms with E-state index >= 15 is 8.78 Å². The van der Waals surface area contributed by atoms with Crippen molar-refractivity contribution in [1.29, 1.82) is 0 Å². The Morgan fingerprint density at radius 2 is 1.68 bits per heavy atom. The van der Waals surface area contributed by atoms with Crippen molar-refractivity contribution in [2.24, 2.45) is 17.6 Å². The highest BCUT2D eigenvalue weighted by molar-refractivity contribution is 6.34. The van der Waals surface area contributed by atoms with Gasteiger partial charge in [-0.25, -0.2) is 13.6 Å². The Morgan fingerprint density at radius 3 is 2.36 bits per heavy atom. The molecular formula is C57H67ClF2N8O7. The molecule has 2 atom stereocenters. The summed E-state index contributed by atoms with van der Waals surface area (Å²) in [7, 11) is 0. The topological polar surface area (TPSA) is 185 Å². The molecule has 2 unspecified atom stereocenters. The van der Waals surface area contributed by atoms with Crippen molar-refractivity contribution < 1.29 is 42.5 Å². The Hall–Kier alpha value is -6.14. The lowest BCUT2D eigenvalue weighted by atomic mass is 9.77. The molecule has 5 aromatic rings. The van der Waals surface area contributed by atoms with Gasteiger partial charge in [-0.1, -0.05) is 54.9 Å². The van der Waals surface area contributed by atoms with Crippen LogP contribution in [0.25, 0.3) is 22.0 Å². The van der Waals surface area contributed by atoms with E-state index in [1.807, 2.05) is 41.9 Å². The zero-order valence-corrected chi connectivity index (χ0v) is 43.6. The van der Waals surface area contributed by atoms with Gasteiger partial charge in [-0.2, -0.15) is 5.10 Å². The number of hydrogen-bond donors (Lipinski definition) is 4. The number of urea groups is 1. The number of aromatic nitrogens is 2. The van der Waals surface area contributed by atoms with Gasteiger partial charge in [0.05, 0.1) is 22.7 Å². The zero-order valence-electron chi connectivity index (χ0n) is 42.9. The van der Waals surface area contributed by atoms with Crippen LogP contribution < -0.4 is 30.7 Å². The van der Waals surface area contributed by atoms with Crippen molar-refractivity contribution in [2.45, 2.75) is 108 Å². The van der Waals surface area contributed by atoms with E-state index in [4.69, 9.17) is 31.9 Å². The third kappa shape index (κ3) is 10.2. The molecule has 0 bridgehead atoms. The number of imide groups is 1. The van der Waals surface area contributed by atoms with Crippen LogP contribution in [0, 0.1) is 23.5 Å². The number of primary amides is 1. The fourth-order valence-corrected chi connectivity index (χ4v) is 12.7. The van der Waals surface area contributed by atoms with E-state index in [1.165, 1.54) is 23.8 Å². The van der Waals surface area contributed by atoms with E-state index in [0.717, 1.165) is 101 Å². The second kappa shape index (κ2) is 21.8. The molecule has 5 aliphatic rings. The number of carbonyl (C=O) groups excluding carboxylic acids is 4. The Morgan fingerprint density at radius 1 is 0.947 bits per heavy atom. The van der Waals surface area contributed by atoms with Crippen LogP contribution in [0.3, 0.4) is 0 Å². The summed E-state index contributed by atoms with van der Waals surface area (Å²) in [6, 6.07) is 19.6. The number of nitrogens with one attached hydrogen (secondary N) is 2. The molecule has 4 aliphatic heterocycles. The maximum absolute atomic E-state index is 16.5. The van der Waals surface area contributed by atoms with Gasteiger partial charge in [0.15, 0.2) is 23.0 Å². The summed E-state index contributed by atoms with van der Waals surface area (Å²) in [4.78, 5) is 57.6. The van der Waals surface area contributed by atoms with Crippen molar-refractivity contribution in [2.75, 3.05) is 63.9 Å². The Kier molecular flexibility index (Phi) is 15.2. The minimum atomic E-state index is -1.10. The maximum Gasteiger partial charge on any atom is 0.329 e. The number of halogens is 3. The first kappa shape index (κ1) is 52.3. The van der Waals surface area contributed by atoms with Crippen molar-refractivity contribution in [3.63, 3.8) is 0 Å².